The number of nitrogens with two attached hydrogens (primary N) is 1. The maximum absolute atomic E-state index is 16.0. The Morgan fingerprint density at radius 1 is 0.975 bits per heavy atom. The number of piperidine rings is 1. The molecule has 0 radical (unpaired) electrons. The highest BCUT2D eigenvalue weighted by Gasteiger charge is 2.27. The molecule has 0 saturated carbocycles. The quantitative estimate of drug-likeness (QED) is 0.402. The molecule has 4 heterocycles. The summed E-state index contributed by atoms with van der Waals surface area (Å²) in [5.41, 5.74) is 9.64. The van der Waals surface area contributed by atoms with Crippen molar-refractivity contribution in [2.45, 2.75) is 31.3 Å². The Balaban J connectivity index is 1.50. The molecule has 0 aliphatic carbocycles. The van der Waals surface area contributed by atoms with Gasteiger partial charge in [0.05, 0.1) is 16.9 Å². The lowest BCUT2D eigenvalue weighted by atomic mass is 10.1. The van der Waals surface area contributed by atoms with Crippen LogP contribution in [0.4, 0.5) is 20.2 Å². The third kappa shape index (κ3) is 4.65. The minimum atomic E-state index is -0.658. The van der Waals surface area contributed by atoms with Crippen molar-refractivity contribution in [2.75, 3.05) is 50.1 Å². The van der Waals surface area contributed by atoms with Gasteiger partial charge in [-0.25, -0.2) is 18.7 Å². The summed E-state index contributed by atoms with van der Waals surface area (Å²) < 4.78 is 32.4. The zero-order chi connectivity index (χ0) is 28.0. The van der Waals surface area contributed by atoms with Crippen LogP contribution < -0.4 is 15.5 Å². The Morgan fingerprint density at radius 3 is 2.52 bits per heavy atom. The van der Waals surface area contributed by atoms with E-state index in [1.807, 2.05) is 18.2 Å². The van der Waals surface area contributed by atoms with Crippen molar-refractivity contribution in [3.05, 3.63) is 65.9 Å². The fraction of sp³-hybridized carbons (Fsp3) is 0.367. The molecule has 2 aliphatic rings. The SMILES string of the molecule is CN(C)C1CCN(c2ccc(-n3c(-c4ccc(C#N)c(F)c4)nc4c(N5CCCC(N)C5)ccnc43)c(F)c2)C1. The number of likely N-dealkylation sites (N-methyl/N-ethyl adjacent to an activating group) is 1. The van der Waals surface area contributed by atoms with E-state index < -0.39 is 11.6 Å². The summed E-state index contributed by atoms with van der Waals surface area (Å²) in [4.78, 5) is 16.1. The summed E-state index contributed by atoms with van der Waals surface area (Å²) in [7, 11) is 4.13. The Labute approximate surface area is 232 Å². The Kier molecular flexibility index (Phi) is 6.86. The highest BCUT2D eigenvalue weighted by atomic mass is 19.1. The average molecular weight is 543 g/mol. The molecule has 40 heavy (non-hydrogen) atoms. The van der Waals surface area contributed by atoms with Crippen molar-refractivity contribution >= 4 is 22.5 Å². The highest BCUT2D eigenvalue weighted by molar-refractivity contribution is 5.90. The van der Waals surface area contributed by atoms with Crippen LogP contribution in [-0.4, -0.2) is 71.8 Å². The van der Waals surface area contributed by atoms with Crippen molar-refractivity contribution in [1.29, 1.82) is 5.26 Å². The number of hydrogen-bond acceptors (Lipinski definition) is 7. The fourth-order valence-corrected chi connectivity index (χ4v) is 5.88. The molecule has 6 rings (SSSR count). The van der Waals surface area contributed by atoms with Gasteiger partial charge in [-0.15, -0.1) is 0 Å². The van der Waals surface area contributed by atoms with Crippen LogP contribution in [0.3, 0.4) is 0 Å². The molecule has 206 valence electrons. The molecule has 8 nitrogen and oxygen atoms in total. The number of anilines is 2. The molecule has 0 amide bonds. The molecular weight excluding hydrogens is 510 g/mol. The summed E-state index contributed by atoms with van der Waals surface area (Å²) in [5.74, 6) is -0.734. The molecule has 2 fully saturated rings. The maximum atomic E-state index is 16.0. The van der Waals surface area contributed by atoms with E-state index in [-0.39, 0.29) is 17.3 Å². The zero-order valence-electron chi connectivity index (χ0n) is 22.7. The number of hydrogen-bond donors (Lipinski definition) is 1. The highest BCUT2D eigenvalue weighted by Crippen LogP contribution is 2.36. The van der Waals surface area contributed by atoms with Gasteiger partial charge in [-0.1, -0.05) is 0 Å². The van der Waals surface area contributed by atoms with Crippen molar-refractivity contribution < 1.29 is 8.78 Å². The van der Waals surface area contributed by atoms with Gasteiger partial charge in [0.15, 0.2) is 5.65 Å². The zero-order valence-corrected chi connectivity index (χ0v) is 22.7. The van der Waals surface area contributed by atoms with Crippen LogP contribution in [0.5, 0.6) is 0 Å². The minimum Gasteiger partial charge on any atom is -0.370 e. The number of pyridine rings is 1. The van der Waals surface area contributed by atoms with Gasteiger partial charge >= 0.3 is 0 Å². The largest absolute Gasteiger partial charge is 0.370 e. The van der Waals surface area contributed by atoms with Crippen molar-refractivity contribution in [3.63, 3.8) is 0 Å². The molecule has 2 aromatic heterocycles. The topological polar surface area (TPSA) is 90.2 Å². The molecule has 10 heteroatoms. The van der Waals surface area contributed by atoms with Gasteiger partial charge in [-0.3, -0.25) is 4.57 Å². The van der Waals surface area contributed by atoms with Gasteiger partial charge in [0.1, 0.15) is 29.0 Å². The Hall–Kier alpha value is -4.07. The fourth-order valence-electron chi connectivity index (χ4n) is 5.88. The molecule has 2 atom stereocenters. The predicted octanol–water partition coefficient (Wildman–Crippen LogP) is 4.31. The number of benzene rings is 2. The van der Waals surface area contributed by atoms with Crippen LogP contribution in [0.2, 0.25) is 0 Å². The molecule has 0 spiro atoms. The molecular formula is C30H32F2N8. The van der Waals surface area contributed by atoms with E-state index in [1.54, 1.807) is 29.0 Å². The number of fused-ring (bicyclic) bond motifs is 1. The lowest BCUT2D eigenvalue weighted by Crippen LogP contribution is -2.42. The second kappa shape index (κ2) is 10.5. The van der Waals surface area contributed by atoms with Crippen molar-refractivity contribution in [1.82, 2.24) is 19.4 Å². The summed E-state index contributed by atoms with van der Waals surface area (Å²) in [6, 6.07) is 13.7. The second-order valence-electron chi connectivity index (χ2n) is 10.9. The molecule has 4 aromatic rings. The first kappa shape index (κ1) is 26.2. The summed E-state index contributed by atoms with van der Waals surface area (Å²) >= 11 is 0. The van der Waals surface area contributed by atoms with E-state index in [0.717, 1.165) is 50.3 Å². The monoisotopic (exact) mass is 542 g/mol. The van der Waals surface area contributed by atoms with Crippen LogP contribution in [0.25, 0.3) is 28.2 Å². The summed E-state index contributed by atoms with van der Waals surface area (Å²) in [6.07, 6.45) is 4.63. The van der Waals surface area contributed by atoms with Crippen LogP contribution in [0.1, 0.15) is 24.8 Å². The van der Waals surface area contributed by atoms with Gasteiger partial charge < -0.3 is 20.4 Å². The third-order valence-electron chi connectivity index (χ3n) is 8.10. The first-order valence-electron chi connectivity index (χ1n) is 13.6. The number of nitriles is 1. The van der Waals surface area contributed by atoms with Crippen LogP contribution in [-0.2, 0) is 0 Å². The lowest BCUT2D eigenvalue weighted by molar-refractivity contribution is 0.315. The van der Waals surface area contributed by atoms with E-state index in [4.69, 9.17) is 10.7 Å². The molecule has 2 N–H and O–H groups in total. The normalized spacial score (nSPS) is 19.5. The van der Waals surface area contributed by atoms with Gasteiger partial charge in [-0.2, -0.15) is 5.26 Å². The summed E-state index contributed by atoms with van der Waals surface area (Å²) in [6.45, 7) is 3.19. The number of imidazole rings is 1. The first-order valence-corrected chi connectivity index (χ1v) is 13.6. The Morgan fingerprint density at radius 2 is 1.82 bits per heavy atom. The van der Waals surface area contributed by atoms with Crippen LogP contribution in [0, 0.1) is 23.0 Å². The number of aromatic nitrogens is 3. The number of halogens is 2. The molecule has 0 bridgehead atoms. The van der Waals surface area contributed by atoms with E-state index >= 15 is 4.39 Å². The van der Waals surface area contributed by atoms with E-state index in [1.165, 1.54) is 12.1 Å². The first-order chi connectivity index (χ1) is 19.3. The van der Waals surface area contributed by atoms with Gasteiger partial charge in [0.25, 0.3) is 0 Å². The standard InChI is InChI=1S/C30H32F2N8/c1-37(2)23-10-13-38(18-23)22-7-8-26(25(32)15-22)40-29(19-5-6-20(16-33)24(31)14-19)36-28-27(9-11-35-30(28)40)39-12-3-4-21(34)17-39/h5-9,11,14-15,21,23H,3-4,10,12-13,17-18,34H2,1-2H3. The second-order valence-corrected chi connectivity index (χ2v) is 10.9. The van der Waals surface area contributed by atoms with E-state index in [2.05, 4.69) is 33.8 Å². The average Bonchev–Trinajstić information content (AvgIpc) is 3.59. The third-order valence-corrected chi connectivity index (χ3v) is 8.10. The van der Waals surface area contributed by atoms with Gasteiger partial charge in [-0.05, 0) is 75.8 Å². The van der Waals surface area contributed by atoms with E-state index in [9.17, 15) is 9.65 Å². The van der Waals surface area contributed by atoms with E-state index in [0.29, 0.717) is 35.1 Å². The maximum Gasteiger partial charge on any atom is 0.167 e. The molecule has 2 aliphatic heterocycles. The number of nitrogens with zero attached hydrogens (tertiary/aromatic N) is 7. The molecule has 2 unspecified atom stereocenters. The van der Waals surface area contributed by atoms with Crippen LogP contribution in [0.15, 0.2) is 48.7 Å². The lowest BCUT2D eigenvalue weighted by Gasteiger charge is -2.32. The predicted molar refractivity (Wildman–Crippen MR) is 153 cm³/mol. The van der Waals surface area contributed by atoms with Crippen molar-refractivity contribution in [3.8, 4) is 23.1 Å². The number of rotatable bonds is 5. The summed E-state index contributed by atoms with van der Waals surface area (Å²) in [5, 5.41) is 9.24. The minimum absolute atomic E-state index is 0.0498. The molecule has 2 aromatic carbocycles. The Bertz CT molecular complexity index is 1610. The smallest absolute Gasteiger partial charge is 0.167 e. The molecule has 2 saturated heterocycles. The van der Waals surface area contributed by atoms with Crippen molar-refractivity contribution in [2.24, 2.45) is 5.73 Å². The van der Waals surface area contributed by atoms with Gasteiger partial charge in [0.2, 0.25) is 0 Å². The van der Waals surface area contributed by atoms with Crippen LogP contribution >= 0.6 is 0 Å². The van der Waals surface area contributed by atoms with Gasteiger partial charge in [0, 0.05) is 55.7 Å².